The molecule has 0 bridgehead atoms. The van der Waals surface area contributed by atoms with Crippen LogP contribution >= 0.6 is 0 Å². The zero-order chi connectivity index (χ0) is 28.0. The summed E-state index contributed by atoms with van der Waals surface area (Å²) in [4.78, 5) is 26.4. The van der Waals surface area contributed by atoms with Crippen LogP contribution in [0.4, 0.5) is 11.6 Å². The van der Waals surface area contributed by atoms with Crippen molar-refractivity contribution in [3.05, 3.63) is 94.8 Å². The van der Waals surface area contributed by atoms with Crippen molar-refractivity contribution in [2.75, 3.05) is 31.4 Å². The zero-order valence-corrected chi connectivity index (χ0v) is 23.1. The van der Waals surface area contributed by atoms with E-state index in [1.165, 1.54) is 5.56 Å². The van der Waals surface area contributed by atoms with Crippen molar-refractivity contribution in [1.82, 2.24) is 15.0 Å². The van der Waals surface area contributed by atoms with Crippen LogP contribution in [-0.4, -0.2) is 41.2 Å². The lowest BCUT2D eigenvalue weighted by Crippen LogP contribution is -2.15. The standard InChI is InChI=1S/C31H35N5O3/c1-20-25(7-6-8-26(20)33-29(37)22-11-13-23(14-12-22)31(2,3)4)28-34-27(35-30(32)36-28)19-21-9-15-24(16-10-21)39-18-17-38-5/h6-16H,17-19H2,1-5H3,(H,33,37)(H2,32,34,35,36). The Bertz CT molecular complexity index is 1430. The van der Waals surface area contributed by atoms with Gasteiger partial charge >= 0.3 is 0 Å². The predicted octanol–water partition coefficient (Wildman–Crippen LogP) is 5.60. The number of carbonyl (C=O) groups is 1. The van der Waals surface area contributed by atoms with Gasteiger partial charge in [-0.15, -0.1) is 0 Å². The van der Waals surface area contributed by atoms with E-state index in [2.05, 4.69) is 36.1 Å². The number of nitrogens with two attached hydrogens (primary N) is 1. The first-order valence-electron chi connectivity index (χ1n) is 12.9. The monoisotopic (exact) mass is 525 g/mol. The number of aromatic nitrogens is 3. The average Bonchev–Trinajstić information content (AvgIpc) is 2.90. The highest BCUT2D eigenvalue weighted by Gasteiger charge is 2.16. The van der Waals surface area contributed by atoms with Crippen LogP contribution in [0, 0.1) is 6.92 Å². The second kappa shape index (κ2) is 12.0. The minimum absolute atomic E-state index is 0.0209. The van der Waals surface area contributed by atoms with Crippen molar-refractivity contribution in [3.8, 4) is 17.1 Å². The van der Waals surface area contributed by atoms with E-state index in [0.29, 0.717) is 42.5 Å². The summed E-state index contributed by atoms with van der Waals surface area (Å²) in [6, 6.07) is 21.1. The number of benzene rings is 3. The zero-order valence-electron chi connectivity index (χ0n) is 23.1. The number of anilines is 2. The molecule has 39 heavy (non-hydrogen) atoms. The number of amides is 1. The molecule has 202 valence electrons. The highest BCUT2D eigenvalue weighted by Crippen LogP contribution is 2.28. The number of hydrogen-bond donors (Lipinski definition) is 2. The minimum atomic E-state index is -0.179. The molecule has 4 rings (SSSR count). The lowest BCUT2D eigenvalue weighted by atomic mass is 9.86. The quantitative estimate of drug-likeness (QED) is 0.274. The van der Waals surface area contributed by atoms with E-state index < -0.39 is 0 Å². The van der Waals surface area contributed by atoms with Crippen LogP contribution in [0.15, 0.2) is 66.7 Å². The Balaban J connectivity index is 1.52. The van der Waals surface area contributed by atoms with Crippen LogP contribution in [-0.2, 0) is 16.6 Å². The Hall–Kier alpha value is -4.30. The summed E-state index contributed by atoms with van der Waals surface area (Å²) in [5.74, 6) is 1.74. The SMILES string of the molecule is COCCOc1ccc(Cc2nc(N)nc(-c3cccc(NC(=O)c4ccc(C(C)(C)C)cc4)c3C)n2)cc1. The van der Waals surface area contributed by atoms with E-state index in [4.69, 9.17) is 20.2 Å². The molecular weight excluding hydrogens is 490 g/mol. The number of methoxy groups -OCH3 is 1. The Labute approximate surface area is 229 Å². The average molecular weight is 526 g/mol. The van der Waals surface area contributed by atoms with Gasteiger partial charge < -0.3 is 20.5 Å². The Morgan fingerprint density at radius 2 is 1.64 bits per heavy atom. The van der Waals surface area contributed by atoms with Crippen LogP contribution < -0.4 is 15.8 Å². The van der Waals surface area contributed by atoms with Gasteiger partial charge in [0.1, 0.15) is 18.2 Å². The van der Waals surface area contributed by atoms with Gasteiger partial charge in [-0.05, 0) is 59.4 Å². The highest BCUT2D eigenvalue weighted by atomic mass is 16.5. The smallest absolute Gasteiger partial charge is 0.255 e. The Morgan fingerprint density at radius 1 is 0.923 bits per heavy atom. The Kier molecular flexibility index (Phi) is 8.56. The molecule has 0 aliphatic heterocycles. The molecule has 0 spiro atoms. The number of nitrogens with zero attached hydrogens (tertiary/aromatic N) is 3. The molecule has 1 aromatic heterocycles. The van der Waals surface area contributed by atoms with E-state index in [9.17, 15) is 4.79 Å². The summed E-state index contributed by atoms with van der Waals surface area (Å²) < 4.78 is 10.6. The minimum Gasteiger partial charge on any atom is -0.491 e. The molecular formula is C31H35N5O3. The van der Waals surface area contributed by atoms with Gasteiger partial charge in [-0.3, -0.25) is 4.79 Å². The van der Waals surface area contributed by atoms with Crippen LogP contribution in [0.3, 0.4) is 0 Å². The van der Waals surface area contributed by atoms with Crippen LogP contribution in [0.2, 0.25) is 0 Å². The van der Waals surface area contributed by atoms with Gasteiger partial charge in [0, 0.05) is 30.3 Å². The van der Waals surface area contributed by atoms with Crippen LogP contribution in [0.5, 0.6) is 5.75 Å². The molecule has 1 amide bonds. The van der Waals surface area contributed by atoms with E-state index in [1.807, 2.05) is 73.7 Å². The highest BCUT2D eigenvalue weighted by molar-refractivity contribution is 6.05. The maximum absolute atomic E-state index is 13.0. The molecule has 3 N–H and O–H groups in total. The van der Waals surface area contributed by atoms with Gasteiger partial charge in [0.05, 0.1) is 6.61 Å². The topological polar surface area (TPSA) is 112 Å². The molecule has 8 heteroatoms. The first-order chi connectivity index (χ1) is 18.6. The van der Waals surface area contributed by atoms with Crippen molar-refractivity contribution >= 4 is 17.5 Å². The van der Waals surface area contributed by atoms with E-state index in [1.54, 1.807) is 7.11 Å². The third-order valence-corrected chi connectivity index (χ3v) is 6.38. The first kappa shape index (κ1) is 27.7. The number of rotatable bonds is 9. The van der Waals surface area contributed by atoms with E-state index >= 15 is 0 Å². The lowest BCUT2D eigenvalue weighted by molar-refractivity contribution is 0.102. The van der Waals surface area contributed by atoms with Gasteiger partial charge in [0.2, 0.25) is 5.95 Å². The largest absolute Gasteiger partial charge is 0.491 e. The summed E-state index contributed by atoms with van der Waals surface area (Å²) >= 11 is 0. The molecule has 0 saturated heterocycles. The fraction of sp³-hybridized carbons (Fsp3) is 0.290. The molecule has 0 aliphatic rings. The molecule has 1 heterocycles. The Morgan fingerprint density at radius 3 is 2.31 bits per heavy atom. The van der Waals surface area contributed by atoms with Crippen LogP contribution in [0.1, 0.15) is 53.6 Å². The summed E-state index contributed by atoms with van der Waals surface area (Å²) in [6.07, 6.45) is 0.484. The van der Waals surface area contributed by atoms with Crippen molar-refractivity contribution in [2.45, 2.75) is 39.5 Å². The number of carbonyl (C=O) groups excluding carboxylic acids is 1. The van der Waals surface area contributed by atoms with Gasteiger partial charge in [0.25, 0.3) is 5.91 Å². The molecule has 0 atom stereocenters. The maximum Gasteiger partial charge on any atom is 0.255 e. The van der Waals surface area contributed by atoms with Gasteiger partial charge in [0.15, 0.2) is 5.82 Å². The molecule has 0 saturated carbocycles. The van der Waals surface area contributed by atoms with E-state index in [-0.39, 0.29) is 17.3 Å². The van der Waals surface area contributed by atoms with Crippen molar-refractivity contribution in [1.29, 1.82) is 0 Å². The maximum atomic E-state index is 13.0. The number of hydrogen-bond acceptors (Lipinski definition) is 7. The summed E-state index contributed by atoms with van der Waals surface area (Å²) in [7, 11) is 1.64. The molecule has 0 unspecified atom stereocenters. The predicted molar refractivity (Wildman–Crippen MR) is 154 cm³/mol. The summed E-state index contributed by atoms with van der Waals surface area (Å²) in [6.45, 7) is 9.39. The molecule has 0 fully saturated rings. The van der Waals surface area contributed by atoms with Gasteiger partial charge in [-0.25, -0.2) is 4.98 Å². The van der Waals surface area contributed by atoms with E-state index in [0.717, 1.165) is 22.4 Å². The van der Waals surface area contributed by atoms with Crippen molar-refractivity contribution < 1.29 is 14.3 Å². The molecule has 3 aromatic carbocycles. The fourth-order valence-corrected chi connectivity index (χ4v) is 4.10. The molecule has 4 aromatic rings. The van der Waals surface area contributed by atoms with Crippen molar-refractivity contribution in [3.63, 3.8) is 0 Å². The fourth-order valence-electron chi connectivity index (χ4n) is 4.10. The third kappa shape index (κ3) is 7.18. The summed E-state index contributed by atoms with van der Waals surface area (Å²) in [5, 5.41) is 3.03. The molecule has 0 aliphatic carbocycles. The van der Waals surface area contributed by atoms with Gasteiger partial charge in [-0.1, -0.05) is 57.2 Å². The molecule has 0 radical (unpaired) electrons. The number of nitrogen functional groups attached to an aromatic ring is 1. The van der Waals surface area contributed by atoms with Gasteiger partial charge in [-0.2, -0.15) is 9.97 Å². The first-order valence-corrected chi connectivity index (χ1v) is 12.9. The normalized spacial score (nSPS) is 11.3. The van der Waals surface area contributed by atoms with Crippen molar-refractivity contribution in [2.24, 2.45) is 0 Å². The third-order valence-electron chi connectivity index (χ3n) is 6.38. The molecule has 8 nitrogen and oxygen atoms in total. The lowest BCUT2D eigenvalue weighted by Gasteiger charge is -2.19. The summed E-state index contributed by atoms with van der Waals surface area (Å²) in [5.41, 5.74) is 11.2. The second-order valence-electron chi connectivity index (χ2n) is 10.4. The number of ether oxygens (including phenoxy) is 2. The second-order valence-corrected chi connectivity index (χ2v) is 10.4. The van der Waals surface area contributed by atoms with Crippen LogP contribution in [0.25, 0.3) is 11.4 Å². The number of nitrogens with one attached hydrogen (secondary N) is 1.